The number of piperidine rings is 2. The molecule has 1 aromatic rings. The Kier molecular flexibility index (Phi) is 7.08. The van der Waals surface area contributed by atoms with Crippen molar-refractivity contribution in [2.45, 2.75) is 49.8 Å². The Hall–Kier alpha value is -0.960. The lowest BCUT2D eigenvalue weighted by molar-refractivity contribution is 0.0952. The molecule has 2 aliphatic heterocycles. The number of likely N-dealkylation sites (tertiary alicyclic amines) is 1. The predicted molar refractivity (Wildman–Crippen MR) is 104 cm³/mol. The van der Waals surface area contributed by atoms with Gasteiger partial charge in [-0.1, -0.05) is 12.8 Å². The Balaban J connectivity index is 1.54. The number of thiophene rings is 1. The van der Waals surface area contributed by atoms with Gasteiger partial charge >= 0.3 is 0 Å². The van der Waals surface area contributed by atoms with Crippen LogP contribution in [0.1, 0.15) is 54.6 Å². The van der Waals surface area contributed by atoms with Crippen LogP contribution < -0.4 is 5.32 Å². The first kappa shape index (κ1) is 19.8. The Morgan fingerprint density at radius 1 is 1.04 bits per heavy atom. The number of nitrogens with one attached hydrogen (secondary N) is 1. The second-order valence-electron chi connectivity index (χ2n) is 7.09. The molecule has 0 bridgehead atoms. The third-order valence-corrected chi connectivity index (χ3v) is 8.14. The van der Waals surface area contributed by atoms with Crippen molar-refractivity contribution in [1.82, 2.24) is 14.5 Å². The molecule has 8 heteroatoms. The van der Waals surface area contributed by atoms with Gasteiger partial charge in [-0.3, -0.25) is 4.79 Å². The van der Waals surface area contributed by atoms with Crippen LogP contribution in [0.2, 0.25) is 0 Å². The first-order chi connectivity index (χ1) is 12.6. The van der Waals surface area contributed by atoms with Crippen LogP contribution in [0.25, 0.3) is 0 Å². The van der Waals surface area contributed by atoms with E-state index in [2.05, 4.69) is 10.2 Å². The summed E-state index contributed by atoms with van der Waals surface area (Å²) in [7, 11) is -3.57. The summed E-state index contributed by atoms with van der Waals surface area (Å²) in [5.41, 5.74) is 0. The van der Waals surface area contributed by atoms with Gasteiger partial charge in [0.2, 0.25) is 10.0 Å². The molecule has 2 fully saturated rings. The van der Waals surface area contributed by atoms with E-state index in [0.717, 1.165) is 45.3 Å². The normalized spacial score (nSPS) is 20.2. The maximum absolute atomic E-state index is 12.9. The van der Waals surface area contributed by atoms with Crippen LogP contribution in [-0.2, 0) is 10.0 Å². The summed E-state index contributed by atoms with van der Waals surface area (Å²) >= 11 is 1.21. The van der Waals surface area contributed by atoms with Crippen molar-refractivity contribution in [3.05, 3.63) is 16.3 Å². The molecular weight excluding hydrogens is 370 g/mol. The van der Waals surface area contributed by atoms with E-state index in [-0.39, 0.29) is 10.8 Å². The van der Waals surface area contributed by atoms with Crippen molar-refractivity contribution in [1.29, 1.82) is 0 Å². The highest BCUT2D eigenvalue weighted by Gasteiger charge is 2.30. The Morgan fingerprint density at radius 3 is 2.38 bits per heavy atom. The predicted octanol–water partition coefficient (Wildman–Crippen LogP) is 2.53. The molecule has 0 radical (unpaired) electrons. The molecule has 146 valence electrons. The molecule has 26 heavy (non-hydrogen) atoms. The minimum Gasteiger partial charge on any atom is -0.351 e. The minimum absolute atomic E-state index is 0.165. The van der Waals surface area contributed by atoms with Gasteiger partial charge in [0, 0.05) is 19.6 Å². The van der Waals surface area contributed by atoms with Crippen LogP contribution in [0.4, 0.5) is 0 Å². The number of nitrogens with zero attached hydrogens (tertiary/aromatic N) is 2. The van der Waals surface area contributed by atoms with Crippen LogP contribution in [0.5, 0.6) is 0 Å². The molecule has 0 aromatic carbocycles. The van der Waals surface area contributed by atoms with E-state index in [1.165, 1.54) is 34.9 Å². The van der Waals surface area contributed by atoms with Crippen molar-refractivity contribution < 1.29 is 13.2 Å². The standard InChI is InChI=1S/C18H29N3O3S2/c22-18(19-9-7-12-20-10-3-1-4-11-20)17-16(8-15-25-17)26(23,24)21-13-5-2-6-14-21/h8,15H,1-7,9-14H2,(H,19,22). The molecule has 2 aliphatic rings. The number of carbonyl (C=O) groups excluding carboxylic acids is 1. The monoisotopic (exact) mass is 399 g/mol. The van der Waals surface area contributed by atoms with Gasteiger partial charge in [0.15, 0.2) is 0 Å². The van der Waals surface area contributed by atoms with Gasteiger partial charge in [0.05, 0.1) is 0 Å². The van der Waals surface area contributed by atoms with Crippen molar-refractivity contribution in [2.24, 2.45) is 0 Å². The molecule has 1 aromatic heterocycles. The van der Waals surface area contributed by atoms with Crippen molar-refractivity contribution in [2.75, 3.05) is 39.3 Å². The van der Waals surface area contributed by atoms with Gasteiger partial charge in [0.25, 0.3) is 5.91 Å². The number of rotatable bonds is 7. The molecule has 0 atom stereocenters. The van der Waals surface area contributed by atoms with Crippen LogP contribution >= 0.6 is 11.3 Å². The molecule has 0 saturated carbocycles. The third-order valence-electron chi connectivity index (χ3n) is 5.15. The summed E-state index contributed by atoms with van der Waals surface area (Å²) in [5.74, 6) is -0.269. The number of carbonyl (C=O) groups is 1. The molecule has 0 unspecified atom stereocenters. The minimum atomic E-state index is -3.57. The molecule has 2 saturated heterocycles. The lowest BCUT2D eigenvalue weighted by Crippen LogP contribution is -2.37. The van der Waals surface area contributed by atoms with Gasteiger partial charge in [0.1, 0.15) is 9.77 Å². The summed E-state index contributed by atoms with van der Waals surface area (Å²) in [6.07, 6.45) is 7.59. The van der Waals surface area contributed by atoms with E-state index in [9.17, 15) is 13.2 Å². The second-order valence-corrected chi connectivity index (χ2v) is 9.91. The van der Waals surface area contributed by atoms with E-state index in [4.69, 9.17) is 0 Å². The third kappa shape index (κ3) is 4.85. The van der Waals surface area contributed by atoms with E-state index in [0.29, 0.717) is 24.5 Å². The largest absolute Gasteiger partial charge is 0.351 e. The van der Waals surface area contributed by atoms with Gasteiger partial charge < -0.3 is 10.2 Å². The topological polar surface area (TPSA) is 69.7 Å². The van der Waals surface area contributed by atoms with E-state index in [1.54, 1.807) is 11.4 Å². The smallest absolute Gasteiger partial charge is 0.262 e. The summed E-state index contributed by atoms with van der Waals surface area (Å²) in [6, 6.07) is 1.57. The summed E-state index contributed by atoms with van der Waals surface area (Å²) in [6.45, 7) is 4.97. The molecule has 0 aliphatic carbocycles. The first-order valence-electron chi connectivity index (χ1n) is 9.67. The second kappa shape index (κ2) is 9.30. The Morgan fingerprint density at radius 2 is 1.69 bits per heavy atom. The lowest BCUT2D eigenvalue weighted by atomic mass is 10.1. The molecule has 0 spiro atoms. The van der Waals surface area contributed by atoms with E-state index < -0.39 is 10.0 Å². The van der Waals surface area contributed by atoms with Crippen LogP contribution in [0.3, 0.4) is 0 Å². The highest BCUT2D eigenvalue weighted by Crippen LogP contribution is 2.27. The average molecular weight is 400 g/mol. The molecular formula is C18H29N3O3S2. The number of hydrogen-bond acceptors (Lipinski definition) is 5. The quantitative estimate of drug-likeness (QED) is 0.716. The van der Waals surface area contributed by atoms with Crippen LogP contribution in [0.15, 0.2) is 16.3 Å². The van der Waals surface area contributed by atoms with Crippen LogP contribution in [-0.4, -0.2) is 62.8 Å². The SMILES string of the molecule is O=C(NCCCN1CCCCC1)c1sccc1S(=O)(=O)N1CCCCC1. The zero-order valence-electron chi connectivity index (χ0n) is 15.3. The van der Waals surface area contributed by atoms with Crippen molar-refractivity contribution >= 4 is 27.3 Å². The lowest BCUT2D eigenvalue weighted by Gasteiger charge is -2.26. The molecule has 3 rings (SSSR count). The Labute approximate surface area is 160 Å². The van der Waals surface area contributed by atoms with Crippen molar-refractivity contribution in [3.8, 4) is 0 Å². The molecule has 6 nitrogen and oxygen atoms in total. The van der Waals surface area contributed by atoms with E-state index >= 15 is 0 Å². The number of amides is 1. The first-order valence-corrected chi connectivity index (χ1v) is 12.0. The average Bonchev–Trinajstić information content (AvgIpc) is 3.17. The van der Waals surface area contributed by atoms with E-state index in [1.807, 2.05) is 0 Å². The summed E-state index contributed by atoms with van der Waals surface area (Å²) in [5, 5.41) is 4.60. The fourth-order valence-corrected chi connectivity index (χ4v) is 6.51. The fraction of sp³-hybridized carbons (Fsp3) is 0.722. The van der Waals surface area contributed by atoms with Gasteiger partial charge in [-0.2, -0.15) is 4.31 Å². The zero-order chi connectivity index (χ0) is 18.4. The van der Waals surface area contributed by atoms with Crippen LogP contribution in [0, 0.1) is 0 Å². The number of hydrogen-bond donors (Lipinski definition) is 1. The maximum atomic E-state index is 12.9. The number of sulfonamides is 1. The fourth-order valence-electron chi connectivity index (χ4n) is 3.68. The maximum Gasteiger partial charge on any atom is 0.262 e. The molecule has 1 N–H and O–H groups in total. The van der Waals surface area contributed by atoms with Gasteiger partial charge in [-0.15, -0.1) is 11.3 Å². The van der Waals surface area contributed by atoms with Gasteiger partial charge in [-0.25, -0.2) is 8.42 Å². The Bertz CT molecular complexity index is 690. The molecule has 3 heterocycles. The summed E-state index contributed by atoms with van der Waals surface area (Å²) in [4.78, 5) is 15.4. The summed E-state index contributed by atoms with van der Waals surface area (Å²) < 4.78 is 27.2. The van der Waals surface area contributed by atoms with Gasteiger partial charge in [-0.05, 0) is 63.2 Å². The zero-order valence-corrected chi connectivity index (χ0v) is 16.9. The highest BCUT2D eigenvalue weighted by atomic mass is 32.2. The van der Waals surface area contributed by atoms with Crippen molar-refractivity contribution in [3.63, 3.8) is 0 Å². The highest BCUT2D eigenvalue weighted by molar-refractivity contribution is 7.89. The molecule has 1 amide bonds.